The third-order valence-electron chi connectivity index (χ3n) is 4.73. The molecule has 0 aromatic heterocycles. The fraction of sp³-hybridized carbons (Fsp3) is 0.375. The number of carbonyl (C=O) groups excluding carboxylic acids is 1. The van der Waals surface area contributed by atoms with Crippen molar-refractivity contribution in [2.24, 2.45) is 11.8 Å². The number of carboxylic acid groups (broad SMARTS) is 1. The summed E-state index contributed by atoms with van der Waals surface area (Å²) in [6.07, 6.45) is 3.17. The third-order valence-corrected chi connectivity index (χ3v) is 4.73. The zero-order valence-corrected chi connectivity index (χ0v) is 11.5. The highest BCUT2D eigenvalue weighted by Gasteiger charge is 2.67. The Morgan fingerprint density at radius 1 is 1.38 bits per heavy atom. The summed E-state index contributed by atoms with van der Waals surface area (Å²) in [5.41, 5.74) is 1.14. The van der Waals surface area contributed by atoms with Crippen molar-refractivity contribution in [1.29, 1.82) is 0 Å². The summed E-state index contributed by atoms with van der Waals surface area (Å²) in [5, 5.41) is 9.41. The van der Waals surface area contributed by atoms with Crippen LogP contribution >= 0.6 is 0 Å². The van der Waals surface area contributed by atoms with Gasteiger partial charge in [0.1, 0.15) is 11.5 Å². The summed E-state index contributed by atoms with van der Waals surface area (Å²) in [6, 6.07) is 7.65. The van der Waals surface area contributed by atoms with E-state index in [9.17, 15) is 14.7 Å². The van der Waals surface area contributed by atoms with Gasteiger partial charge in [-0.3, -0.25) is 9.59 Å². The SMILES string of the molecule is Cc1ccc(N2C[C@]34C=C[C@H](O3)[C@H](C(=O)O)[C@H]4C2=O)cc1. The van der Waals surface area contributed by atoms with Crippen LogP contribution in [0.4, 0.5) is 5.69 Å². The normalized spacial score (nSPS) is 36.3. The van der Waals surface area contributed by atoms with Crippen LogP contribution in [-0.4, -0.2) is 35.2 Å². The monoisotopic (exact) mass is 285 g/mol. The maximum Gasteiger partial charge on any atom is 0.310 e. The lowest BCUT2D eigenvalue weighted by Gasteiger charge is -2.21. The van der Waals surface area contributed by atoms with Crippen molar-refractivity contribution in [1.82, 2.24) is 0 Å². The van der Waals surface area contributed by atoms with E-state index < -0.39 is 29.5 Å². The van der Waals surface area contributed by atoms with Gasteiger partial charge in [-0.1, -0.05) is 29.8 Å². The molecule has 0 unspecified atom stereocenters. The molecule has 4 atom stereocenters. The van der Waals surface area contributed by atoms with E-state index in [0.29, 0.717) is 6.54 Å². The molecule has 1 aromatic carbocycles. The number of amides is 1. The van der Waals surface area contributed by atoms with Gasteiger partial charge in [0.2, 0.25) is 5.91 Å². The molecule has 2 bridgehead atoms. The van der Waals surface area contributed by atoms with E-state index in [1.165, 1.54) is 0 Å². The van der Waals surface area contributed by atoms with Crippen LogP contribution in [0, 0.1) is 18.8 Å². The van der Waals surface area contributed by atoms with E-state index in [0.717, 1.165) is 11.3 Å². The van der Waals surface area contributed by atoms with Crippen molar-refractivity contribution in [3.05, 3.63) is 42.0 Å². The first-order valence-electron chi connectivity index (χ1n) is 7.00. The first-order valence-corrected chi connectivity index (χ1v) is 7.00. The molecule has 108 valence electrons. The number of aliphatic carboxylic acids is 1. The van der Waals surface area contributed by atoms with Crippen LogP contribution in [0.1, 0.15) is 5.56 Å². The van der Waals surface area contributed by atoms with E-state index in [1.807, 2.05) is 37.3 Å². The third kappa shape index (κ3) is 1.55. The molecular weight excluding hydrogens is 270 g/mol. The molecule has 1 N–H and O–H groups in total. The fourth-order valence-electron chi connectivity index (χ4n) is 3.72. The van der Waals surface area contributed by atoms with Crippen LogP contribution in [-0.2, 0) is 14.3 Å². The second-order valence-corrected chi connectivity index (χ2v) is 6.00. The van der Waals surface area contributed by atoms with Crippen molar-refractivity contribution in [2.45, 2.75) is 18.6 Å². The van der Waals surface area contributed by atoms with Crippen molar-refractivity contribution < 1.29 is 19.4 Å². The Bertz CT molecular complexity index is 665. The van der Waals surface area contributed by atoms with Crippen LogP contribution in [0.3, 0.4) is 0 Å². The molecule has 1 amide bonds. The zero-order valence-electron chi connectivity index (χ0n) is 11.5. The van der Waals surface area contributed by atoms with Gasteiger partial charge in [0, 0.05) is 5.69 Å². The number of nitrogens with zero attached hydrogens (tertiary/aromatic N) is 1. The Morgan fingerprint density at radius 2 is 2.10 bits per heavy atom. The maximum absolute atomic E-state index is 12.7. The Morgan fingerprint density at radius 3 is 2.76 bits per heavy atom. The molecule has 2 saturated heterocycles. The van der Waals surface area contributed by atoms with E-state index in [1.54, 1.807) is 11.0 Å². The summed E-state index contributed by atoms with van der Waals surface area (Å²) >= 11 is 0. The number of hydrogen-bond donors (Lipinski definition) is 1. The summed E-state index contributed by atoms with van der Waals surface area (Å²) in [5.74, 6) is -2.52. The molecular formula is C16H15NO4. The number of hydrogen-bond acceptors (Lipinski definition) is 3. The van der Waals surface area contributed by atoms with Gasteiger partial charge in [0.25, 0.3) is 0 Å². The van der Waals surface area contributed by atoms with Gasteiger partial charge < -0.3 is 14.7 Å². The topological polar surface area (TPSA) is 66.8 Å². The highest BCUT2D eigenvalue weighted by molar-refractivity contribution is 6.02. The predicted octanol–water partition coefficient (Wildman–Crippen LogP) is 1.37. The quantitative estimate of drug-likeness (QED) is 0.833. The van der Waals surface area contributed by atoms with Crippen LogP contribution in [0.25, 0.3) is 0 Å². The summed E-state index contributed by atoms with van der Waals surface area (Å²) in [4.78, 5) is 25.8. The summed E-state index contributed by atoms with van der Waals surface area (Å²) in [6.45, 7) is 2.37. The smallest absolute Gasteiger partial charge is 0.310 e. The molecule has 5 nitrogen and oxygen atoms in total. The van der Waals surface area contributed by atoms with Gasteiger partial charge in [-0.15, -0.1) is 0 Å². The molecule has 3 heterocycles. The van der Waals surface area contributed by atoms with Crippen LogP contribution in [0.15, 0.2) is 36.4 Å². The van der Waals surface area contributed by atoms with Gasteiger partial charge in [0.05, 0.1) is 18.6 Å². The van der Waals surface area contributed by atoms with Gasteiger partial charge in [-0.2, -0.15) is 0 Å². The Labute approximate surface area is 121 Å². The van der Waals surface area contributed by atoms with Gasteiger partial charge >= 0.3 is 5.97 Å². The molecule has 0 saturated carbocycles. The Balaban J connectivity index is 1.73. The summed E-state index contributed by atoms with van der Waals surface area (Å²) in [7, 11) is 0. The van der Waals surface area contributed by atoms with Gasteiger partial charge in [-0.05, 0) is 19.1 Å². The zero-order chi connectivity index (χ0) is 14.8. The minimum atomic E-state index is -0.963. The number of carbonyl (C=O) groups is 2. The number of benzene rings is 1. The van der Waals surface area contributed by atoms with E-state index >= 15 is 0 Å². The molecule has 0 aliphatic carbocycles. The predicted molar refractivity (Wildman–Crippen MR) is 74.9 cm³/mol. The van der Waals surface area contributed by atoms with Crippen LogP contribution in [0.2, 0.25) is 0 Å². The van der Waals surface area contributed by atoms with E-state index in [2.05, 4.69) is 0 Å². The highest BCUT2D eigenvalue weighted by Crippen LogP contribution is 2.52. The van der Waals surface area contributed by atoms with Gasteiger partial charge in [-0.25, -0.2) is 0 Å². The molecule has 1 spiro atoms. The standard InChI is InChI=1S/C16H15NO4/c1-9-2-4-10(5-3-9)17-8-16-7-6-11(21-16)12(15(19)20)13(16)14(17)18/h2-7,11-13H,8H2,1H3,(H,19,20)/t11-,12-,13-,16-/m0/s1. The minimum absolute atomic E-state index is 0.155. The lowest BCUT2D eigenvalue weighted by Crippen LogP contribution is -2.39. The first kappa shape index (κ1) is 12.6. The van der Waals surface area contributed by atoms with Crippen LogP contribution < -0.4 is 4.90 Å². The largest absolute Gasteiger partial charge is 0.481 e. The molecule has 2 fully saturated rings. The van der Waals surface area contributed by atoms with Crippen molar-refractivity contribution in [2.75, 3.05) is 11.4 Å². The number of rotatable bonds is 2. The number of anilines is 1. The van der Waals surface area contributed by atoms with E-state index in [-0.39, 0.29) is 5.91 Å². The molecule has 3 aliphatic rings. The average molecular weight is 285 g/mol. The second kappa shape index (κ2) is 3.95. The minimum Gasteiger partial charge on any atom is -0.481 e. The van der Waals surface area contributed by atoms with Crippen molar-refractivity contribution in [3.8, 4) is 0 Å². The van der Waals surface area contributed by atoms with Crippen LogP contribution in [0.5, 0.6) is 0 Å². The first-order chi connectivity index (χ1) is 10.0. The highest BCUT2D eigenvalue weighted by atomic mass is 16.5. The molecule has 5 heteroatoms. The molecule has 1 aromatic rings. The molecule has 4 rings (SSSR count). The Hall–Kier alpha value is -2.14. The van der Waals surface area contributed by atoms with Crippen molar-refractivity contribution >= 4 is 17.6 Å². The maximum atomic E-state index is 12.7. The van der Waals surface area contributed by atoms with Crippen molar-refractivity contribution in [3.63, 3.8) is 0 Å². The number of fused-ring (bicyclic) bond motifs is 1. The molecule has 21 heavy (non-hydrogen) atoms. The fourth-order valence-corrected chi connectivity index (χ4v) is 3.72. The summed E-state index contributed by atoms with van der Waals surface area (Å²) < 4.78 is 5.85. The number of ether oxygens (including phenoxy) is 1. The lowest BCUT2D eigenvalue weighted by molar-refractivity contribution is -0.146. The number of carboxylic acids is 1. The number of aryl methyl sites for hydroxylation is 1. The van der Waals surface area contributed by atoms with Gasteiger partial charge in [0.15, 0.2) is 0 Å². The van der Waals surface area contributed by atoms with E-state index in [4.69, 9.17) is 4.74 Å². The second-order valence-electron chi connectivity index (χ2n) is 6.00. The lowest BCUT2D eigenvalue weighted by atomic mass is 9.77. The average Bonchev–Trinajstić information content (AvgIpc) is 3.08. The molecule has 3 aliphatic heterocycles. The molecule has 0 radical (unpaired) electrons. The Kier molecular flexibility index (Phi) is 2.37.